The van der Waals surface area contributed by atoms with Gasteiger partial charge in [0, 0.05) is 25.7 Å². The standard InChI is InChI=1S/C20H18N6O3/c1-24(14-7-3-2-4-8-14)18(27)13-26-22-17(21-23-26)11-12-25-19(28)15-9-5-6-10-16(15)20(25)29/h2-10H,11-13H2,1H3. The second-order valence-corrected chi connectivity index (χ2v) is 6.58. The molecule has 3 aromatic rings. The molecule has 0 spiro atoms. The number of nitrogens with zero attached hydrogens (tertiary/aromatic N) is 6. The number of aromatic nitrogens is 4. The molecule has 0 atom stereocenters. The molecule has 2 heterocycles. The molecule has 0 N–H and O–H groups in total. The van der Waals surface area contributed by atoms with Crippen molar-refractivity contribution in [2.75, 3.05) is 18.5 Å². The lowest BCUT2D eigenvalue weighted by atomic mass is 10.1. The van der Waals surface area contributed by atoms with Gasteiger partial charge >= 0.3 is 0 Å². The number of hydrogen-bond donors (Lipinski definition) is 0. The average molecular weight is 390 g/mol. The van der Waals surface area contributed by atoms with Crippen LogP contribution in [0.3, 0.4) is 0 Å². The summed E-state index contributed by atoms with van der Waals surface area (Å²) in [6.07, 6.45) is 0.258. The molecule has 0 bridgehead atoms. The zero-order chi connectivity index (χ0) is 20.4. The maximum Gasteiger partial charge on any atom is 0.261 e. The lowest BCUT2D eigenvalue weighted by Crippen LogP contribution is -2.32. The van der Waals surface area contributed by atoms with Crippen molar-refractivity contribution < 1.29 is 14.4 Å². The van der Waals surface area contributed by atoms with E-state index >= 15 is 0 Å². The molecule has 2 aromatic carbocycles. The third-order valence-corrected chi connectivity index (χ3v) is 4.73. The molecule has 1 aliphatic heterocycles. The van der Waals surface area contributed by atoms with Crippen LogP contribution in [0.4, 0.5) is 5.69 Å². The topological polar surface area (TPSA) is 101 Å². The van der Waals surface area contributed by atoms with Gasteiger partial charge in [-0.1, -0.05) is 30.3 Å². The number of carbonyl (C=O) groups excluding carboxylic acids is 3. The number of benzene rings is 2. The summed E-state index contributed by atoms with van der Waals surface area (Å²) in [7, 11) is 1.68. The molecule has 146 valence electrons. The Balaban J connectivity index is 1.36. The highest BCUT2D eigenvalue weighted by molar-refractivity contribution is 6.21. The Kier molecular flexibility index (Phi) is 4.86. The first kappa shape index (κ1) is 18.5. The molecular formula is C20H18N6O3. The van der Waals surface area contributed by atoms with Crippen molar-refractivity contribution >= 4 is 23.4 Å². The Morgan fingerprint density at radius 1 is 0.966 bits per heavy atom. The van der Waals surface area contributed by atoms with Crippen molar-refractivity contribution in [1.29, 1.82) is 0 Å². The largest absolute Gasteiger partial charge is 0.314 e. The van der Waals surface area contributed by atoms with Crippen molar-refractivity contribution in [2.24, 2.45) is 0 Å². The van der Waals surface area contributed by atoms with Crippen LogP contribution in [0.25, 0.3) is 0 Å². The van der Waals surface area contributed by atoms with Gasteiger partial charge in [-0.05, 0) is 29.5 Å². The number of hydrogen-bond acceptors (Lipinski definition) is 6. The van der Waals surface area contributed by atoms with Crippen LogP contribution in [0.15, 0.2) is 54.6 Å². The highest BCUT2D eigenvalue weighted by atomic mass is 16.2. The molecule has 0 saturated carbocycles. The third kappa shape index (κ3) is 3.62. The minimum absolute atomic E-state index is 0.0641. The van der Waals surface area contributed by atoms with Crippen molar-refractivity contribution in [3.63, 3.8) is 0 Å². The predicted molar refractivity (Wildman–Crippen MR) is 103 cm³/mol. The van der Waals surface area contributed by atoms with Gasteiger partial charge in [-0.15, -0.1) is 10.2 Å². The van der Waals surface area contributed by atoms with Crippen LogP contribution < -0.4 is 4.90 Å². The minimum Gasteiger partial charge on any atom is -0.314 e. The summed E-state index contributed by atoms with van der Waals surface area (Å²) < 4.78 is 0. The number of amides is 3. The fourth-order valence-electron chi connectivity index (χ4n) is 3.12. The molecular weight excluding hydrogens is 372 g/mol. The first-order chi connectivity index (χ1) is 14.0. The summed E-state index contributed by atoms with van der Waals surface area (Å²) in [5, 5.41) is 12.0. The Bertz CT molecular complexity index is 1040. The van der Waals surface area contributed by atoms with Crippen molar-refractivity contribution in [1.82, 2.24) is 25.1 Å². The second-order valence-electron chi connectivity index (χ2n) is 6.58. The Morgan fingerprint density at radius 2 is 1.59 bits per heavy atom. The van der Waals surface area contributed by atoms with E-state index in [9.17, 15) is 14.4 Å². The van der Waals surface area contributed by atoms with Gasteiger partial charge in [-0.2, -0.15) is 4.80 Å². The number of carbonyl (C=O) groups is 3. The van der Waals surface area contributed by atoms with Crippen molar-refractivity contribution in [3.05, 3.63) is 71.5 Å². The quantitative estimate of drug-likeness (QED) is 0.586. The van der Waals surface area contributed by atoms with Crippen molar-refractivity contribution in [3.8, 4) is 0 Å². The average Bonchev–Trinajstić information content (AvgIpc) is 3.29. The number of fused-ring (bicyclic) bond motifs is 1. The van der Waals surface area contributed by atoms with Crippen molar-refractivity contribution in [2.45, 2.75) is 13.0 Å². The van der Waals surface area contributed by atoms with Crippen LogP contribution in [0.2, 0.25) is 0 Å². The lowest BCUT2D eigenvalue weighted by Gasteiger charge is -2.16. The van der Waals surface area contributed by atoms with E-state index in [1.807, 2.05) is 30.3 Å². The van der Waals surface area contributed by atoms with Gasteiger partial charge in [0.2, 0.25) is 5.91 Å². The lowest BCUT2D eigenvalue weighted by molar-refractivity contribution is -0.119. The summed E-state index contributed by atoms with van der Waals surface area (Å²) in [4.78, 5) is 41.1. The fourth-order valence-corrected chi connectivity index (χ4v) is 3.12. The Hall–Kier alpha value is -3.88. The van der Waals surface area contributed by atoms with Gasteiger partial charge in [0.1, 0.15) is 6.54 Å². The van der Waals surface area contributed by atoms with Gasteiger partial charge in [0.15, 0.2) is 5.82 Å². The van der Waals surface area contributed by atoms with Crippen LogP contribution in [-0.4, -0.2) is 56.4 Å². The molecule has 29 heavy (non-hydrogen) atoms. The normalized spacial score (nSPS) is 12.9. The number of likely N-dealkylation sites (N-methyl/N-ethyl adjacent to an activating group) is 1. The van der Waals surface area contributed by atoms with Gasteiger partial charge < -0.3 is 4.90 Å². The van der Waals surface area contributed by atoms with E-state index in [0.29, 0.717) is 17.0 Å². The SMILES string of the molecule is CN(C(=O)Cn1nnc(CCN2C(=O)c3ccccc3C2=O)n1)c1ccccc1. The summed E-state index contributed by atoms with van der Waals surface area (Å²) in [5.41, 5.74) is 1.58. The highest BCUT2D eigenvalue weighted by Gasteiger charge is 2.34. The molecule has 0 aliphatic carbocycles. The molecule has 0 saturated heterocycles. The van der Waals surface area contributed by atoms with Crippen LogP contribution in [0.5, 0.6) is 0 Å². The molecule has 0 unspecified atom stereocenters. The molecule has 1 aromatic heterocycles. The molecule has 9 heteroatoms. The molecule has 0 fully saturated rings. The Labute approximate surface area is 166 Å². The van der Waals surface area contributed by atoms with Crippen LogP contribution >= 0.6 is 0 Å². The first-order valence-electron chi connectivity index (χ1n) is 9.08. The number of para-hydroxylation sites is 1. The van der Waals surface area contributed by atoms with Crippen LogP contribution in [0, 0.1) is 0 Å². The first-order valence-corrected chi connectivity index (χ1v) is 9.08. The second kappa shape index (κ2) is 7.63. The van der Waals surface area contributed by atoms with E-state index in [1.165, 1.54) is 14.6 Å². The summed E-state index contributed by atoms with van der Waals surface area (Å²) in [6, 6.07) is 16.0. The third-order valence-electron chi connectivity index (χ3n) is 4.73. The van der Waals surface area contributed by atoms with Gasteiger partial charge in [-0.3, -0.25) is 19.3 Å². The molecule has 0 radical (unpaired) electrons. The fraction of sp³-hybridized carbons (Fsp3) is 0.200. The maximum absolute atomic E-state index is 12.4. The summed E-state index contributed by atoms with van der Waals surface area (Å²) >= 11 is 0. The molecule has 9 nitrogen and oxygen atoms in total. The van der Waals surface area contributed by atoms with Gasteiger partial charge in [0.05, 0.1) is 11.1 Å². The highest BCUT2D eigenvalue weighted by Crippen LogP contribution is 2.22. The van der Waals surface area contributed by atoms with Gasteiger partial charge in [0.25, 0.3) is 11.8 Å². The van der Waals surface area contributed by atoms with E-state index in [0.717, 1.165) is 5.69 Å². The minimum atomic E-state index is -0.322. The molecule has 1 aliphatic rings. The number of tetrazole rings is 1. The zero-order valence-corrected chi connectivity index (χ0v) is 15.7. The summed E-state index contributed by atoms with van der Waals surface area (Å²) in [6.45, 7) is 0.0846. The maximum atomic E-state index is 12.4. The molecule has 4 rings (SSSR count). The number of anilines is 1. The van der Waals surface area contributed by atoms with E-state index in [-0.39, 0.29) is 37.2 Å². The van der Waals surface area contributed by atoms with E-state index < -0.39 is 0 Å². The van der Waals surface area contributed by atoms with Crippen LogP contribution in [0.1, 0.15) is 26.5 Å². The summed E-state index contributed by atoms with van der Waals surface area (Å²) in [5.74, 6) is -0.479. The smallest absolute Gasteiger partial charge is 0.261 e. The van der Waals surface area contributed by atoms with E-state index in [1.54, 1.807) is 31.3 Å². The van der Waals surface area contributed by atoms with E-state index in [2.05, 4.69) is 15.4 Å². The number of rotatable bonds is 6. The Morgan fingerprint density at radius 3 is 2.24 bits per heavy atom. The van der Waals surface area contributed by atoms with E-state index in [4.69, 9.17) is 0 Å². The van der Waals surface area contributed by atoms with Crippen LogP contribution in [-0.2, 0) is 17.8 Å². The monoisotopic (exact) mass is 390 g/mol. The van der Waals surface area contributed by atoms with Gasteiger partial charge in [-0.25, -0.2) is 0 Å². The predicted octanol–water partition coefficient (Wildman–Crippen LogP) is 1.17. The number of imide groups is 1. The molecule has 3 amide bonds. The zero-order valence-electron chi connectivity index (χ0n) is 15.7.